The number of hydrogen-bond donors (Lipinski definition) is 5. The number of nitrogen functional groups attached to an aromatic ring is 1. The zero-order valence-electron chi connectivity index (χ0n) is 10.2. The summed E-state index contributed by atoms with van der Waals surface area (Å²) in [5.41, 5.74) is 7.13. The number of rotatable bonds is 6. The number of imidazole rings is 1. The maximum Gasteiger partial charge on any atom is 0.312 e. The molecule has 0 saturated heterocycles. The van der Waals surface area contributed by atoms with E-state index in [9.17, 15) is 13.2 Å². The van der Waals surface area contributed by atoms with Gasteiger partial charge in [-0.2, -0.15) is 4.98 Å². The molecule has 7 N–H and O–H groups in total. The molecule has 0 atom stereocenters. The van der Waals surface area contributed by atoms with Gasteiger partial charge in [0.2, 0.25) is 5.03 Å². The van der Waals surface area contributed by atoms with E-state index < -0.39 is 16.1 Å². The first-order valence-corrected chi connectivity index (χ1v) is 7.77. The smallest absolute Gasteiger partial charge is 0.312 e. The molecule has 0 radical (unpaired) electrons. The van der Waals surface area contributed by atoms with Crippen molar-refractivity contribution in [3.63, 3.8) is 0 Å². The van der Waals surface area contributed by atoms with Crippen molar-refractivity contribution in [1.29, 1.82) is 0 Å². The fraction of sp³-hybridized carbons (Fsp3) is 0.250. The third kappa shape index (κ3) is 2.82. The second-order valence-electron chi connectivity index (χ2n) is 3.65. The average molecular weight is 319 g/mol. The molecule has 2 rings (SSSR count). The molecule has 0 spiro atoms. The lowest BCUT2D eigenvalue weighted by molar-refractivity contribution is 0.249. The van der Waals surface area contributed by atoms with Crippen LogP contribution in [0.25, 0.3) is 4.96 Å². The van der Waals surface area contributed by atoms with E-state index in [4.69, 9.17) is 11.6 Å². The zero-order chi connectivity index (χ0) is 14.8. The maximum absolute atomic E-state index is 12.2. The molecule has 2 heterocycles. The molecule has 0 unspecified atom stereocenters. The zero-order valence-corrected chi connectivity index (χ0v) is 11.8. The number of carbonyl (C=O) groups is 1. The molecule has 10 nitrogen and oxygen atoms in total. The number of carbonyl (C=O) groups excluding carboxylic acids is 1. The van der Waals surface area contributed by atoms with Crippen LogP contribution in [0.5, 0.6) is 0 Å². The third-order valence-corrected chi connectivity index (χ3v) is 4.57. The molecule has 0 bridgehead atoms. The number of nitrogens with one attached hydrogen (secondary N) is 3. The Labute approximate surface area is 118 Å². The van der Waals surface area contributed by atoms with E-state index in [1.165, 1.54) is 15.7 Å². The summed E-state index contributed by atoms with van der Waals surface area (Å²) in [6, 6.07) is -0.724. The summed E-state index contributed by atoms with van der Waals surface area (Å²) in [7, 11) is -3.83. The number of hydrogen-bond acceptors (Lipinski definition) is 7. The minimum absolute atomic E-state index is 0.00729. The number of nitrogens with two attached hydrogens (primary N) is 2. The van der Waals surface area contributed by atoms with E-state index in [0.29, 0.717) is 4.96 Å². The van der Waals surface area contributed by atoms with Crippen LogP contribution in [0, 0.1) is 0 Å². The highest BCUT2D eigenvalue weighted by atomic mass is 32.2. The molecule has 2 amide bonds. The molecule has 0 aromatic carbocycles. The van der Waals surface area contributed by atoms with Gasteiger partial charge < -0.3 is 16.5 Å². The molecule has 0 saturated carbocycles. The van der Waals surface area contributed by atoms with Crippen molar-refractivity contribution in [3.8, 4) is 0 Å². The predicted molar refractivity (Wildman–Crippen MR) is 73.7 cm³/mol. The van der Waals surface area contributed by atoms with Crippen LogP contribution in [0.2, 0.25) is 0 Å². The van der Waals surface area contributed by atoms with Crippen LogP contribution < -0.4 is 27.0 Å². The largest absolute Gasteiger partial charge is 0.352 e. The van der Waals surface area contributed by atoms with Gasteiger partial charge >= 0.3 is 6.03 Å². The van der Waals surface area contributed by atoms with Gasteiger partial charge in [-0.15, -0.1) is 11.3 Å². The van der Waals surface area contributed by atoms with Crippen LogP contribution in [0.15, 0.2) is 16.6 Å². The molecule has 20 heavy (non-hydrogen) atoms. The van der Waals surface area contributed by atoms with Crippen molar-refractivity contribution in [2.24, 2.45) is 11.6 Å². The van der Waals surface area contributed by atoms with Gasteiger partial charge in [-0.3, -0.25) is 4.40 Å². The number of anilines is 1. The number of fused-ring (bicyclic) bond motifs is 1. The number of hydrazine groups is 1. The molecule has 0 aliphatic carbocycles. The van der Waals surface area contributed by atoms with E-state index in [1.807, 2.05) is 0 Å². The van der Waals surface area contributed by atoms with Gasteiger partial charge in [-0.05, 0) is 0 Å². The first-order valence-electron chi connectivity index (χ1n) is 5.41. The van der Waals surface area contributed by atoms with Gasteiger partial charge in [0, 0.05) is 24.7 Å². The summed E-state index contributed by atoms with van der Waals surface area (Å²) in [6.45, 7) is 0.0676. The van der Waals surface area contributed by atoms with Crippen LogP contribution in [0.1, 0.15) is 0 Å². The summed E-state index contributed by atoms with van der Waals surface area (Å²) in [4.78, 5) is 15.0. The minimum atomic E-state index is -3.83. The van der Waals surface area contributed by atoms with Crippen molar-refractivity contribution < 1.29 is 13.2 Å². The predicted octanol–water partition coefficient (Wildman–Crippen LogP) is -1.37. The van der Waals surface area contributed by atoms with Gasteiger partial charge in [0.25, 0.3) is 10.0 Å². The Morgan fingerprint density at radius 1 is 1.45 bits per heavy atom. The van der Waals surface area contributed by atoms with Gasteiger partial charge in [0.15, 0.2) is 10.8 Å². The van der Waals surface area contributed by atoms with Crippen molar-refractivity contribution in [2.45, 2.75) is 5.03 Å². The first kappa shape index (κ1) is 14.5. The number of aromatic nitrogens is 2. The topological polar surface area (TPSA) is 157 Å². The fourth-order valence-electron chi connectivity index (χ4n) is 1.56. The van der Waals surface area contributed by atoms with E-state index in [1.54, 1.807) is 11.6 Å². The van der Waals surface area contributed by atoms with Crippen LogP contribution >= 0.6 is 11.3 Å². The normalized spacial score (nSPS) is 11.7. The summed E-state index contributed by atoms with van der Waals surface area (Å²) >= 11 is 1.28. The highest BCUT2D eigenvalue weighted by Crippen LogP contribution is 2.24. The number of thiazole rings is 1. The second kappa shape index (κ2) is 5.62. The molecular formula is C8H13N7O3S2. The van der Waals surface area contributed by atoms with Gasteiger partial charge in [-0.25, -0.2) is 23.8 Å². The second-order valence-corrected chi connectivity index (χ2v) is 6.21. The Hall–Kier alpha value is -1.89. The molecule has 2 aromatic heterocycles. The summed E-state index contributed by atoms with van der Waals surface area (Å²) in [5, 5.41) is 3.89. The highest BCUT2D eigenvalue weighted by Gasteiger charge is 2.25. The van der Waals surface area contributed by atoms with Crippen LogP contribution in [-0.2, 0) is 10.0 Å². The molecule has 0 aliphatic rings. The molecular weight excluding hydrogens is 306 g/mol. The molecule has 2 aromatic rings. The lowest BCUT2D eigenvalue weighted by atomic mass is 10.6. The van der Waals surface area contributed by atoms with E-state index in [0.717, 1.165) is 0 Å². The quantitative estimate of drug-likeness (QED) is 0.251. The van der Waals surface area contributed by atoms with Crippen LogP contribution in [-0.4, -0.2) is 36.9 Å². The molecule has 0 fully saturated rings. The van der Waals surface area contributed by atoms with Crippen LogP contribution in [0.4, 0.5) is 10.6 Å². The lowest BCUT2D eigenvalue weighted by Crippen LogP contribution is -2.37. The van der Waals surface area contributed by atoms with E-state index in [2.05, 4.69) is 20.4 Å². The first-order chi connectivity index (χ1) is 9.45. The van der Waals surface area contributed by atoms with Crippen molar-refractivity contribution in [3.05, 3.63) is 11.6 Å². The summed E-state index contributed by atoms with van der Waals surface area (Å²) in [5.74, 6) is 5.33. The van der Waals surface area contributed by atoms with E-state index >= 15 is 0 Å². The fourth-order valence-corrected chi connectivity index (χ4v) is 3.60. The SMILES string of the molecule is NNc1nc2sccn2c1S(=O)(=O)NCCNC(N)=O. The minimum Gasteiger partial charge on any atom is -0.352 e. The maximum atomic E-state index is 12.2. The van der Waals surface area contributed by atoms with Crippen molar-refractivity contribution in [1.82, 2.24) is 19.4 Å². The monoisotopic (exact) mass is 319 g/mol. The standard InChI is InChI=1S/C8H13N7O3S2/c9-7(16)11-1-2-12-20(17,18)6-5(14-10)13-8-15(6)3-4-19-8/h3-4,12,14H,1-2,10H2,(H3,9,11,16). The van der Waals surface area contributed by atoms with Gasteiger partial charge in [0.1, 0.15) is 0 Å². The lowest BCUT2D eigenvalue weighted by Gasteiger charge is -2.07. The van der Waals surface area contributed by atoms with Crippen molar-refractivity contribution >= 4 is 38.2 Å². The Balaban J connectivity index is 2.22. The van der Waals surface area contributed by atoms with Gasteiger partial charge in [0.05, 0.1) is 0 Å². The Bertz CT molecular complexity index is 720. The summed E-state index contributed by atoms with van der Waals surface area (Å²) in [6.07, 6.45) is 1.57. The summed E-state index contributed by atoms with van der Waals surface area (Å²) < 4.78 is 28.2. The third-order valence-electron chi connectivity index (χ3n) is 2.33. The van der Waals surface area contributed by atoms with Crippen molar-refractivity contribution in [2.75, 3.05) is 18.5 Å². The van der Waals surface area contributed by atoms with E-state index in [-0.39, 0.29) is 23.9 Å². The Morgan fingerprint density at radius 3 is 2.85 bits per heavy atom. The van der Waals surface area contributed by atoms with Gasteiger partial charge in [-0.1, -0.05) is 0 Å². The van der Waals surface area contributed by atoms with Crippen LogP contribution in [0.3, 0.4) is 0 Å². The Kier molecular flexibility index (Phi) is 4.08. The molecule has 110 valence electrons. The number of amides is 2. The number of nitrogens with zero attached hydrogens (tertiary/aromatic N) is 2. The molecule has 0 aliphatic heterocycles. The number of sulfonamides is 1. The highest BCUT2D eigenvalue weighted by molar-refractivity contribution is 7.89. The Morgan fingerprint density at radius 2 is 2.20 bits per heavy atom. The number of urea groups is 1. The number of primary amides is 1. The average Bonchev–Trinajstić information content (AvgIpc) is 2.93. The molecule has 12 heteroatoms.